The van der Waals surface area contributed by atoms with Crippen LogP contribution >= 0.6 is 0 Å². The molecule has 2 N–H and O–H groups in total. The maximum atomic E-state index is 13.2. The van der Waals surface area contributed by atoms with Crippen LogP contribution in [0.5, 0.6) is 0 Å². The molecule has 2 aromatic rings. The highest BCUT2D eigenvalue weighted by Gasteiger charge is 2.17. The van der Waals surface area contributed by atoms with Gasteiger partial charge in [-0.15, -0.1) is 0 Å². The van der Waals surface area contributed by atoms with Crippen molar-refractivity contribution in [1.82, 2.24) is 0 Å². The molecule has 17 heavy (non-hydrogen) atoms. The van der Waals surface area contributed by atoms with Gasteiger partial charge in [-0.05, 0) is 18.2 Å². The van der Waals surface area contributed by atoms with E-state index in [1.54, 1.807) is 24.3 Å². The topological polar surface area (TPSA) is 69.2 Å². The Morgan fingerprint density at radius 2 is 1.82 bits per heavy atom. The van der Waals surface area contributed by atoms with Crippen LogP contribution in [0.25, 0.3) is 11.1 Å². The largest absolute Gasteiger partial charge is 0.398 e. The molecule has 0 amide bonds. The monoisotopic (exact) mass is 232 g/mol. The number of hydrogen-bond donors (Lipinski definition) is 1. The molecule has 0 spiro atoms. The lowest BCUT2D eigenvalue weighted by atomic mass is 10.0. The van der Waals surface area contributed by atoms with Crippen molar-refractivity contribution in [2.24, 2.45) is 0 Å². The number of halogens is 1. The first-order valence-electron chi connectivity index (χ1n) is 4.88. The van der Waals surface area contributed by atoms with Crippen LogP contribution in [0.2, 0.25) is 0 Å². The predicted molar refractivity (Wildman–Crippen MR) is 62.9 cm³/mol. The third-order valence-electron chi connectivity index (χ3n) is 2.41. The average Bonchev–Trinajstić information content (AvgIpc) is 2.29. The zero-order chi connectivity index (χ0) is 12.4. The Bertz CT molecular complexity index is 584. The number of nitrogens with two attached hydrogens (primary N) is 1. The van der Waals surface area contributed by atoms with Crippen molar-refractivity contribution in [2.75, 3.05) is 5.73 Å². The molecule has 0 aliphatic rings. The van der Waals surface area contributed by atoms with Gasteiger partial charge in [-0.3, -0.25) is 10.1 Å². The number of rotatable bonds is 2. The Kier molecular flexibility index (Phi) is 2.74. The van der Waals surface area contributed by atoms with E-state index in [4.69, 9.17) is 5.73 Å². The van der Waals surface area contributed by atoms with E-state index < -0.39 is 10.7 Å². The summed E-state index contributed by atoms with van der Waals surface area (Å²) in [7, 11) is 0. The SMILES string of the molecule is Nc1ccccc1-c1cc(F)ccc1[N+](=O)[O-]. The van der Waals surface area contributed by atoms with Gasteiger partial charge in [0.15, 0.2) is 0 Å². The molecule has 0 saturated carbocycles. The highest BCUT2D eigenvalue weighted by molar-refractivity contribution is 5.82. The summed E-state index contributed by atoms with van der Waals surface area (Å²) in [6.45, 7) is 0. The quantitative estimate of drug-likeness (QED) is 0.491. The second-order valence-corrected chi connectivity index (χ2v) is 3.51. The van der Waals surface area contributed by atoms with E-state index in [1.165, 1.54) is 0 Å². The van der Waals surface area contributed by atoms with Crippen molar-refractivity contribution in [3.8, 4) is 11.1 Å². The molecule has 0 bridgehead atoms. The number of hydrogen-bond acceptors (Lipinski definition) is 3. The highest BCUT2D eigenvalue weighted by Crippen LogP contribution is 2.33. The molecule has 0 unspecified atom stereocenters. The van der Waals surface area contributed by atoms with Crippen LogP contribution < -0.4 is 5.73 Å². The summed E-state index contributed by atoms with van der Waals surface area (Å²) in [6, 6.07) is 9.95. The van der Waals surface area contributed by atoms with Crippen LogP contribution in [-0.4, -0.2) is 4.92 Å². The Labute approximate surface area is 96.6 Å². The Morgan fingerprint density at radius 1 is 1.12 bits per heavy atom. The van der Waals surface area contributed by atoms with E-state index >= 15 is 0 Å². The lowest BCUT2D eigenvalue weighted by Crippen LogP contribution is -1.95. The summed E-state index contributed by atoms with van der Waals surface area (Å²) in [5.74, 6) is -0.533. The lowest BCUT2D eigenvalue weighted by molar-refractivity contribution is -0.384. The van der Waals surface area contributed by atoms with Gasteiger partial charge in [0.1, 0.15) is 5.82 Å². The number of nitro benzene ring substituents is 1. The fourth-order valence-corrected chi connectivity index (χ4v) is 1.63. The summed E-state index contributed by atoms with van der Waals surface area (Å²) in [4.78, 5) is 10.3. The van der Waals surface area contributed by atoms with Crippen LogP contribution in [0.15, 0.2) is 42.5 Å². The molecular weight excluding hydrogens is 223 g/mol. The summed E-state index contributed by atoms with van der Waals surface area (Å²) < 4.78 is 13.2. The average molecular weight is 232 g/mol. The van der Waals surface area contributed by atoms with Crippen LogP contribution in [-0.2, 0) is 0 Å². The van der Waals surface area contributed by atoms with Gasteiger partial charge in [0, 0.05) is 17.3 Å². The lowest BCUT2D eigenvalue weighted by Gasteiger charge is -2.06. The van der Waals surface area contributed by atoms with E-state index in [2.05, 4.69) is 0 Å². The van der Waals surface area contributed by atoms with Crippen LogP contribution in [0.3, 0.4) is 0 Å². The standard InChI is InChI=1S/C12H9FN2O2/c13-8-5-6-12(15(16)17)10(7-8)9-3-1-2-4-11(9)14/h1-7H,14H2. The van der Waals surface area contributed by atoms with Crippen molar-refractivity contribution in [1.29, 1.82) is 0 Å². The number of nitro groups is 1. The van der Waals surface area contributed by atoms with E-state index in [0.717, 1.165) is 18.2 Å². The molecule has 0 aliphatic carbocycles. The molecule has 5 heteroatoms. The van der Waals surface area contributed by atoms with E-state index in [1.807, 2.05) is 0 Å². The minimum atomic E-state index is -0.554. The second-order valence-electron chi connectivity index (χ2n) is 3.51. The molecule has 0 saturated heterocycles. The molecule has 0 atom stereocenters. The molecule has 4 nitrogen and oxygen atoms in total. The normalized spacial score (nSPS) is 10.2. The van der Waals surface area contributed by atoms with Crippen molar-refractivity contribution >= 4 is 11.4 Å². The van der Waals surface area contributed by atoms with Gasteiger partial charge in [-0.1, -0.05) is 18.2 Å². The summed E-state index contributed by atoms with van der Waals surface area (Å²) in [6.07, 6.45) is 0. The Hall–Kier alpha value is -2.43. The first-order chi connectivity index (χ1) is 8.09. The number of anilines is 1. The van der Waals surface area contributed by atoms with Crippen LogP contribution in [0.1, 0.15) is 0 Å². The Balaban J connectivity index is 2.70. The van der Waals surface area contributed by atoms with E-state index in [0.29, 0.717) is 11.3 Å². The molecule has 86 valence electrons. The zero-order valence-corrected chi connectivity index (χ0v) is 8.76. The summed E-state index contributed by atoms with van der Waals surface area (Å²) in [5, 5.41) is 10.9. The minimum absolute atomic E-state index is 0.163. The maximum absolute atomic E-state index is 13.2. The molecule has 2 rings (SSSR count). The van der Waals surface area contributed by atoms with Crippen molar-refractivity contribution in [2.45, 2.75) is 0 Å². The van der Waals surface area contributed by atoms with E-state index in [-0.39, 0.29) is 11.3 Å². The molecule has 2 aromatic carbocycles. The van der Waals surface area contributed by atoms with Gasteiger partial charge < -0.3 is 5.73 Å². The van der Waals surface area contributed by atoms with Gasteiger partial charge in [0.2, 0.25) is 0 Å². The highest BCUT2D eigenvalue weighted by atomic mass is 19.1. The third-order valence-corrected chi connectivity index (χ3v) is 2.41. The van der Waals surface area contributed by atoms with Gasteiger partial charge in [-0.25, -0.2) is 4.39 Å². The number of nitrogen functional groups attached to an aromatic ring is 1. The fourth-order valence-electron chi connectivity index (χ4n) is 1.63. The molecule has 0 fully saturated rings. The molecular formula is C12H9FN2O2. The molecule has 0 heterocycles. The molecule has 0 radical (unpaired) electrons. The van der Waals surface area contributed by atoms with Gasteiger partial charge in [0.25, 0.3) is 5.69 Å². The van der Waals surface area contributed by atoms with Crippen molar-refractivity contribution in [3.63, 3.8) is 0 Å². The predicted octanol–water partition coefficient (Wildman–Crippen LogP) is 2.98. The maximum Gasteiger partial charge on any atom is 0.277 e. The van der Waals surface area contributed by atoms with Gasteiger partial charge in [0.05, 0.1) is 10.5 Å². The summed E-state index contributed by atoms with van der Waals surface area (Å²) >= 11 is 0. The molecule has 0 aliphatic heterocycles. The van der Waals surface area contributed by atoms with Gasteiger partial charge in [-0.2, -0.15) is 0 Å². The van der Waals surface area contributed by atoms with Crippen molar-refractivity contribution < 1.29 is 9.31 Å². The number of para-hydroxylation sites is 1. The van der Waals surface area contributed by atoms with Crippen molar-refractivity contribution in [3.05, 3.63) is 58.4 Å². The number of benzene rings is 2. The number of nitrogens with zero attached hydrogens (tertiary/aromatic N) is 1. The van der Waals surface area contributed by atoms with E-state index in [9.17, 15) is 14.5 Å². The first kappa shape index (κ1) is 11.1. The Morgan fingerprint density at radius 3 is 2.47 bits per heavy atom. The molecule has 0 aromatic heterocycles. The first-order valence-corrected chi connectivity index (χ1v) is 4.88. The fraction of sp³-hybridized carbons (Fsp3) is 0. The van der Waals surface area contributed by atoms with Gasteiger partial charge >= 0.3 is 0 Å². The summed E-state index contributed by atoms with van der Waals surface area (Å²) in [5.41, 5.74) is 6.59. The smallest absolute Gasteiger partial charge is 0.277 e. The van der Waals surface area contributed by atoms with Crippen LogP contribution in [0, 0.1) is 15.9 Å². The minimum Gasteiger partial charge on any atom is -0.398 e. The third kappa shape index (κ3) is 2.08. The second kappa shape index (κ2) is 4.21. The van der Waals surface area contributed by atoms with Crippen LogP contribution in [0.4, 0.5) is 15.8 Å². The zero-order valence-electron chi connectivity index (χ0n) is 8.76.